The number of carbonyl (C=O) groups is 2. The smallest absolute Gasteiger partial charge is 0.305 e. The van der Waals surface area contributed by atoms with Gasteiger partial charge in [-0.3, -0.25) is 14.7 Å². The van der Waals surface area contributed by atoms with Crippen molar-refractivity contribution in [1.29, 1.82) is 0 Å². The normalized spacial score (nSPS) is 10.4. The number of aromatic amines is 1. The van der Waals surface area contributed by atoms with E-state index in [1.807, 2.05) is 24.3 Å². The number of esters is 1. The molecule has 0 spiro atoms. The number of nitrogens with zero attached hydrogens (tertiary/aromatic N) is 2. The summed E-state index contributed by atoms with van der Waals surface area (Å²) in [6.45, 7) is 0.435. The second-order valence-corrected chi connectivity index (χ2v) is 6.56. The average molecular weight is 413 g/mol. The number of carbonyl (C=O) groups excluding carboxylic acids is 2. The average Bonchev–Trinajstić information content (AvgIpc) is 3.05. The largest absolute Gasteiger partial charge is 0.469 e. The van der Waals surface area contributed by atoms with Crippen molar-refractivity contribution in [3.63, 3.8) is 0 Å². The molecule has 7 nitrogen and oxygen atoms in total. The summed E-state index contributed by atoms with van der Waals surface area (Å²) < 4.78 is 5.45. The van der Waals surface area contributed by atoms with Crippen molar-refractivity contribution in [3.05, 3.63) is 28.7 Å². The maximum Gasteiger partial charge on any atom is 0.305 e. The van der Waals surface area contributed by atoms with Gasteiger partial charge >= 0.3 is 5.97 Å². The van der Waals surface area contributed by atoms with Gasteiger partial charge in [0.05, 0.1) is 12.9 Å². The highest BCUT2D eigenvalue weighted by atomic mass is 79.9. The molecule has 1 amide bonds. The van der Waals surface area contributed by atoms with Gasteiger partial charge in [0.1, 0.15) is 0 Å². The minimum Gasteiger partial charge on any atom is -0.469 e. The third-order valence-corrected chi connectivity index (χ3v) is 4.57. The predicted octanol–water partition coefficient (Wildman–Crippen LogP) is 2.40. The molecule has 1 aromatic carbocycles. The van der Waals surface area contributed by atoms with Gasteiger partial charge in [-0.05, 0) is 12.5 Å². The summed E-state index contributed by atoms with van der Waals surface area (Å²) in [5.41, 5.74) is 0.907. The van der Waals surface area contributed by atoms with E-state index in [1.165, 1.54) is 18.9 Å². The van der Waals surface area contributed by atoms with Gasteiger partial charge in [0.25, 0.3) is 0 Å². The summed E-state index contributed by atoms with van der Waals surface area (Å²) >= 11 is 4.71. The molecular formula is C15H17BrN4O3S. The van der Waals surface area contributed by atoms with Crippen molar-refractivity contribution < 1.29 is 14.3 Å². The SMILES string of the molecule is COC(=O)CCCNC(=O)CSc1n[nH]c(-c2ccccc2Br)n1. The monoisotopic (exact) mass is 412 g/mol. The summed E-state index contributed by atoms with van der Waals surface area (Å²) in [6.07, 6.45) is 0.843. The number of H-pyrrole nitrogens is 1. The van der Waals surface area contributed by atoms with E-state index >= 15 is 0 Å². The van der Waals surface area contributed by atoms with Gasteiger partial charge in [-0.25, -0.2) is 4.98 Å². The van der Waals surface area contributed by atoms with Crippen molar-refractivity contribution in [2.45, 2.75) is 18.0 Å². The molecule has 1 aromatic heterocycles. The standard InChI is InChI=1S/C15H17BrN4O3S/c1-23-13(22)7-4-8-17-12(21)9-24-15-18-14(19-20-15)10-5-2-3-6-11(10)16/h2-3,5-6H,4,7-9H2,1H3,(H,17,21)(H,18,19,20). The first-order chi connectivity index (χ1) is 11.6. The van der Waals surface area contributed by atoms with Crippen LogP contribution < -0.4 is 5.32 Å². The molecule has 0 unspecified atom stereocenters. The molecule has 0 atom stereocenters. The lowest BCUT2D eigenvalue weighted by atomic mass is 10.2. The zero-order chi connectivity index (χ0) is 17.4. The quantitative estimate of drug-likeness (QED) is 0.392. The lowest BCUT2D eigenvalue weighted by molar-refractivity contribution is -0.140. The van der Waals surface area contributed by atoms with Crippen molar-refractivity contribution in [1.82, 2.24) is 20.5 Å². The minimum atomic E-state index is -0.279. The van der Waals surface area contributed by atoms with Gasteiger partial charge in [0.2, 0.25) is 11.1 Å². The summed E-state index contributed by atoms with van der Waals surface area (Å²) in [7, 11) is 1.34. The number of methoxy groups -OCH3 is 1. The van der Waals surface area contributed by atoms with Crippen LogP contribution in [0.1, 0.15) is 12.8 Å². The van der Waals surface area contributed by atoms with Gasteiger partial charge in [0.15, 0.2) is 5.82 Å². The van der Waals surface area contributed by atoms with Crippen LogP contribution in [0, 0.1) is 0 Å². The molecule has 0 aliphatic carbocycles. The van der Waals surface area contributed by atoms with Crippen LogP contribution in [-0.2, 0) is 14.3 Å². The van der Waals surface area contributed by atoms with Crippen LogP contribution >= 0.6 is 27.7 Å². The highest BCUT2D eigenvalue weighted by molar-refractivity contribution is 9.10. The molecule has 0 aliphatic heterocycles. The fourth-order valence-corrected chi connectivity index (χ4v) is 2.93. The second kappa shape index (κ2) is 9.43. The number of ether oxygens (including phenoxy) is 1. The Morgan fingerprint density at radius 1 is 1.38 bits per heavy atom. The predicted molar refractivity (Wildman–Crippen MR) is 94.5 cm³/mol. The van der Waals surface area contributed by atoms with Crippen LogP contribution in [0.3, 0.4) is 0 Å². The number of hydrogen-bond donors (Lipinski definition) is 2. The second-order valence-electron chi connectivity index (χ2n) is 4.76. The number of hydrogen-bond acceptors (Lipinski definition) is 6. The molecule has 2 aromatic rings. The fourth-order valence-electron chi connectivity index (χ4n) is 1.83. The fraction of sp³-hybridized carbons (Fsp3) is 0.333. The van der Waals surface area contributed by atoms with E-state index in [4.69, 9.17) is 0 Å². The van der Waals surface area contributed by atoms with Gasteiger partial charge in [-0.1, -0.05) is 45.9 Å². The lowest BCUT2D eigenvalue weighted by Gasteiger charge is -2.03. The number of nitrogens with one attached hydrogen (secondary N) is 2. The molecule has 2 N–H and O–H groups in total. The molecule has 0 saturated heterocycles. The Kier molecular flexibility index (Phi) is 7.26. The third-order valence-electron chi connectivity index (χ3n) is 3.03. The van der Waals surface area contributed by atoms with E-state index in [0.717, 1.165) is 10.0 Å². The van der Waals surface area contributed by atoms with E-state index in [-0.39, 0.29) is 17.6 Å². The van der Waals surface area contributed by atoms with Crippen LogP contribution in [0.2, 0.25) is 0 Å². The van der Waals surface area contributed by atoms with Crippen molar-refractivity contribution in [2.75, 3.05) is 19.4 Å². The topological polar surface area (TPSA) is 97.0 Å². The number of amides is 1. The Morgan fingerprint density at radius 2 is 2.17 bits per heavy atom. The number of benzene rings is 1. The molecule has 0 fully saturated rings. The highest BCUT2D eigenvalue weighted by Gasteiger charge is 2.10. The van der Waals surface area contributed by atoms with Crippen LogP contribution in [0.4, 0.5) is 0 Å². The highest BCUT2D eigenvalue weighted by Crippen LogP contribution is 2.26. The Labute approximate surface area is 152 Å². The zero-order valence-corrected chi connectivity index (χ0v) is 15.4. The van der Waals surface area contributed by atoms with E-state index in [1.54, 1.807) is 0 Å². The minimum absolute atomic E-state index is 0.128. The Balaban J connectivity index is 1.76. The van der Waals surface area contributed by atoms with Crippen LogP contribution in [0.5, 0.6) is 0 Å². The Bertz CT molecular complexity index is 708. The van der Waals surface area contributed by atoms with E-state index in [9.17, 15) is 9.59 Å². The molecule has 24 heavy (non-hydrogen) atoms. The molecule has 0 bridgehead atoms. The van der Waals surface area contributed by atoms with Gasteiger partial charge in [-0.2, -0.15) is 0 Å². The molecule has 1 heterocycles. The number of thioether (sulfide) groups is 1. The first kappa shape index (κ1) is 18.5. The van der Waals surface area contributed by atoms with Crippen LogP contribution in [-0.4, -0.2) is 46.5 Å². The van der Waals surface area contributed by atoms with Crippen LogP contribution in [0.15, 0.2) is 33.9 Å². The zero-order valence-electron chi connectivity index (χ0n) is 13.0. The molecule has 0 saturated carbocycles. The van der Waals surface area contributed by atoms with Crippen molar-refractivity contribution >= 4 is 39.6 Å². The third kappa shape index (κ3) is 5.64. The van der Waals surface area contributed by atoms with E-state index in [0.29, 0.717) is 30.4 Å². The number of aromatic nitrogens is 3. The molecule has 0 aliphatic rings. The summed E-state index contributed by atoms with van der Waals surface area (Å²) in [4.78, 5) is 27.1. The lowest BCUT2D eigenvalue weighted by Crippen LogP contribution is -2.26. The Hall–Kier alpha value is -1.87. The molecule has 128 valence electrons. The number of halogens is 1. The van der Waals surface area contributed by atoms with Gasteiger partial charge in [-0.15, -0.1) is 5.10 Å². The van der Waals surface area contributed by atoms with Crippen LogP contribution in [0.25, 0.3) is 11.4 Å². The van der Waals surface area contributed by atoms with Gasteiger partial charge in [0, 0.05) is 23.0 Å². The van der Waals surface area contributed by atoms with E-state index in [2.05, 4.69) is 41.2 Å². The first-order valence-corrected chi connectivity index (χ1v) is 9.01. The molecule has 2 rings (SSSR count). The van der Waals surface area contributed by atoms with Crippen molar-refractivity contribution in [3.8, 4) is 11.4 Å². The first-order valence-electron chi connectivity index (χ1n) is 7.23. The summed E-state index contributed by atoms with van der Waals surface area (Å²) in [5.74, 6) is 0.449. The number of rotatable bonds is 8. The summed E-state index contributed by atoms with van der Waals surface area (Å²) in [6, 6.07) is 7.68. The maximum atomic E-state index is 11.7. The van der Waals surface area contributed by atoms with E-state index < -0.39 is 0 Å². The molecule has 0 radical (unpaired) electrons. The Morgan fingerprint density at radius 3 is 2.92 bits per heavy atom. The molecule has 9 heteroatoms. The van der Waals surface area contributed by atoms with Crippen molar-refractivity contribution in [2.24, 2.45) is 0 Å². The van der Waals surface area contributed by atoms with Gasteiger partial charge < -0.3 is 10.1 Å². The summed E-state index contributed by atoms with van der Waals surface area (Å²) in [5, 5.41) is 10.2. The molecular weight excluding hydrogens is 396 g/mol. The maximum absolute atomic E-state index is 11.7.